The Morgan fingerprint density at radius 1 is 1.23 bits per heavy atom. The molecular weight excluding hydrogens is 406 g/mol. The van der Waals surface area contributed by atoms with E-state index in [-0.39, 0.29) is 29.7 Å². The summed E-state index contributed by atoms with van der Waals surface area (Å²) in [4.78, 5) is 44.0. The largest absolute Gasteiger partial charge is 0.508 e. The number of hydrogen-bond donors (Lipinski definition) is 5. The Labute approximate surface area is 177 Å². The lowest BCUT2D eigenvalue weighted by Crippen LogP contribution is -2.67. The average Bonchev–Trinajstić information content (AvgIpc) is 2.64. The molecule has 0 aromatic carbocycles. The molecule has 3 aliphatic rings. The van der Waals surface area contributed by atoms with Crippen molar-refractivity contribution in [3.05, 3.63) is 40.4 Å². The summed E-state index contributed by atoms with van der Waals surface area (Å²) < 4.78 is 0. The van der Waals surface area contributed by atoms with Crippen molar-refractivity contribution in [1.82, 2.24) is 9.88 Å². The summed E-state index contributed by atoms with van der Waals surface area (Å²) in [6.45, 7) is 1.70. The van der Waals surface area contributed by atoms with E-state index in [2.05, 4.69) is 4.98 Å². The lowest BCUT2D eigenvalue weighted by atomic mass is 9.52. The molecule has 6 N–H and O–H groups in total. The van der Waals surface area contributed by atoms with Gasteiger partial charge in [-0.1, -0.05) is 6.92 Å². The number of likely N-dealkylation sites (N-methyl/N-ethyl adjacent to an activating group) is 1. The zero-order valence-corrected chi connectivity index (χ0v) is 17.2. The van der Waals surface area contributed by atoms with Crippen molar-refractivity contribution in [3.8, 4) is 5.75 Å². The third-order valence-electron chi connectivity index (χ3n) is 6.74. The number of rotatable bonds is 2. The van der Waals surface area contributed by atoms with E-state index >= 15 is 0 Å². The summed E-state index contributed by atoms with van der Waals surface area (Å²) in [6, 6.07) is -1.11. The van der Waals surface area contributed by atoms with E-state index in [1.807, 2.05) is 0 Å². The first kappa shape index (κ1) is 21.0. The van der Waals surface area contributed by atoms with Gasteiger partial charge in [-0.2, -0.15) is 0 Å². The second kappa shape index (κ2) is 6.38. The highest BCUT2D eigenvalue weighted by atomic mass is 16.3. The molecule has 4 atom stereocenters. The molecule has 0 aliphatic heterocycles. The van der Waals surface area contributed by atoms with Gasteiger partial charge in [0.2, 0.25) is 5.78 Å². The number of pyridine rings is 1. The van der Waals surface area contributed by atoms with Crippen LogP contribution in [0.1, 0.15) is 24.5 Å². The molecule has 3 aliphatic carbocycles. The van der Waals surface area contributed by atoms with Gasteiger partial charge in [0.05, 0.1) is 17.8 Å². The molecule has 4 rings (SSSR count). The van der Waals surface area contributed by atoms with Gasteiger partial charge in [-0.05, 0) is 32.5 Å². The van der Waals surface area contributed by atoms with E-state index in [4.69, 9.17) is 5.73 Å². The van der Waals surface area contributed by atoms with E-state index in [1.54, 1.807) is 21.0 Å². The molecule has 1 aromatic heterocycles. The van der Waals surface area contributed by atoms with Gasteiger partial charge < -0.3 is 26.2 Å². The second-order valence-electron chi connectivity index (χ2n) is 8.92. The van der Waals surface area contributed by atoms with Crippen molar-refractivity contribution in [3.63, 3.8) is 0 Å². The molecule has 0 radical (unpaired) electrons. The highest BCUT2D eigenvalue weighted by Crippen LogP contribution is 2.57. The fourth-order valence-electron chi connectivity index (χ4n) is 5.46. The molecule has 31 heavy (non-hydrogen) atoms. The van der Waals surface area contributed by atoms with Crippen LogP contribution >= 0.6 is 0 Å². The maximum Gasteiger partial charge on any atom is 0.255 e. The van der Waals surface area contributed by atoms with Crippen LogP contribution in [0.15, 0.2) is 29.3 Å². The smallest absolute Gasteiger partial charge is 0.255 e. The van der Waals surface area contributed by atoms with Gasteiger partial charge in [-0.15, -0.1) is 0 Å². The molecule has 1 amide bonds. The number of ketones is 2. The summed E-state index contributed by atoms with van der Waals surface area (Å²) in [7, 11) is 3.11. The molecule has 0 saturated heterocycles. The number of aliphatic hydroxyl groups excluding tert-OH is 2. The highest BCUT2D eigenvalue weighted by molar-refractivity contribution is 6.24. The van der Waals surface area contributed by atoms with Gasteiger partial charge in [0.1, 0.15) is 22.8 Å². The Hall–Kier alpha value is -3.24. The van der Waals surface area contributed by atoms with E-state index in [1.165, 1.54) is 11.1 Å². The average molecular weight is 429 g/mol. The highest BCUT2D eigenvalue weighted by Gasteiger charge is 2.66. The minimum atomic E-state index is -2.64. The molecule has 1 aromatic rings. The lowest BCUT2D eigenvalue weighted by Gasteiger charge is -2.53. The standard InChI is InChI=1S/C21H23N3O7/c1-20-4-8-6-23-7-10(25)11(8)15(26)13(20)18(29)21(31)9(5-20)14(24(2)3)16(27)12(17(21)28)19(22)30/h6-7,9,14,25-26,28,31H,4-5H2,1-3H3,(H2,22,30)/t9-,14-,20-,21+/m0/s1. The zero-order chi connectivity index (χ0) is 23.0. The molecule has 164 valence electrons. The third kappa shape index (κ3) is 2.52. The van der Waals surface area contributed by atoms with Gasteiger partial charge in [0, 0.05) is 23.1 Å². The molecule has 1 heterocycles. The fourth-order valence-corrected chi connectivity index (χ4v) is 5.46. The maximum absolute atomic E-state index is 13.7. The first-order valence-corrected chi connectivity index (χ1v) is 9.67. The number of aromatic nitrogens is 1. The number of Topliss-reactive ketones (excluding diaryl/α,β-unsaturated/α-hetero) is 2. The van der Waals surface area contributed by atoms with Gasteiger partial charge in [-0.25, -0.2) is 0 Å². The lowest BCUT2D eigenvalue weighted by molar-refractivity contribution is -0.156. The number of amides is 1. The van der Waals surface area contributed by atoms with Crippen molar-refractivity contribution >= 4 is 23.2 Å². The van der Waals surface area contributed by atoms with Crippen LogP contribution < -0.4 is 5.73 Å². The topological polar surface area (TPSA) is 174 Å². The fraction of sp³-hybridized carbons (Fsp3) is 0.429. The van der Waals surface area contributed by atoms with Crippen LogP contribution in [-0.4, -0.2) is 73.5 Å². The first-order valence-electron chi connectivity index (χ1n) is 9.67. The van der Waals surface area contributed by atoms with Crippen LogP contribution in [-0.2, 0) is 20.8 Å². The molecule has 10 heteroatoms. The SMILES string of the molecule is CN(C)[C@@H]1C(=O)C(C(N)=O)=C(O)[C@@]2(O)C(=O)C3=C(O)c4c(O)cncc4C[C@@]3(C)C[C@@H]12. The number of hydrogen-bond acceptors (Lipinski definition) is 9. The van der Waals surface area contributed by atoms with Crippen LogP contribution in [0.2, 0.25) is 0 Å². The number of nitrogens with zero attached hydrogens (tertiary/aromatic N) is 2. The summed E-state index contributed by atoms with van der Waals surface area (Å²) in [6.07, 6.45) is 2.81. The van der Waals surface area contributed by atoms with E-state index in [0.29, 0.717) is 5.56 Å². The molecule has 10 nitrogen and oxygen atoms in total. The predicted octanol–water partition coefficient (Wildman–Crippen LogP) is -0.251. The Kier molecular flexibility index (Phi) is 4.32. The minimum Gasteiger partial charge on any atom is -0.508 e. The number of fused-ring (bicyclic) bond motifs is 3. The van der Waals surface area contributed by atoms with Crippen molar-refractivity contribution in [2.24, 2.45) is 17.1 Å². The number of primary amides is 1. The molecular formula is C21H23N3O7. The van der Waals surface area contributed by atoms with E-state index in [0.717, 1.165) is 6.20 Å². The predicted molar refractivity (Wildman–Crippen MR) is 107 cm³/mol. The van der Waals surface area contributed by atoms with Crippen molar-refractivity contribution in [2.75, 3.05) is 14.1 Å². The van der Waals surface area contributed by atoms with Gasteiger partial charge in [-0.3, -0.25) is 24.3 Å². The molecule has 0 bridgehead atoms. The van der Waals surface area contributed by atoms with Crippen LogP contribution in [0.25, 0.3) is 5.76 Å². The number of aromatic hydroxyl groups is 1. The summed E-state index contributed by atoms with van der Waals surface area (Å²) in [5.74, 6) is -6.18. The Morgan fingerprint density at radius 2 is 1.87 bits per heavy atom. The quantitative estimate of drug-likeness (QED) is 0.397. The van der Waals surface area contributed by atoms with Gasteiger partial charge in [0.25, 0.3) is 5.91 Å². The van der Waals surface area contributed by atoms with Crippen LogP contribution in [0.4, 0.5) is 0 Å². The van der Waals surface area contributed by atoms with E-state index < -0.39 is 57.5 Å². The zero-order valence-electron chi connectivity index (χ0n) is 17.2. The summed E-state index contributed by atoms with van der Waals surface area (Å²) >= 11 is 0. The molecule has 1 saturated carbocycles. The molecule has 1 fully saturated rings. The van der Waals surface area contributed by atoms with Gasteiger partial charge >= 0.3 is 0 Å². The summed E-state index contributed by atoms with van der Waals surface area (Å²) in [5, 5.41) is 43.4. The minimum absolute atomic E-state index is 0.0208. The van der Waals surface area contributed by atoms with Crippen molar-refractivity contribution in [1.29, 1.82) is 0 Å². The number of aliphatic hydroxyl groups is 3. The Balaban J connectivity index is 2.03. The van der Waals surface area contributed by atoms with Crippen LogP contribution in [0, 0.1) is 11.3 Å². The normalized spacial score (nSPS) is 32.7. The van der Waals surface area contributed by atoms with Crippen LogP contribution in [0.5, 0.6) is 5.75 Å². The molecule has 0 spiro atoms. The number of carbonyl (C=O) groups excluding carboxylic acids is 3. The van der Waals surface area contributed by atoms with E-state index in [9.17, 15) is 34.8 Å². The van der Waals surface area contributed by atoms with Crippen molar-refractivity contribution < 1.29 is 34.8 Å². The van der Waals surface area contributed by atoms with Crippen molar-refractivity contribution in [2.45, 2.75) is 31.4 Å². The number of carbonyl (C=O) groups is 3. The number of nitrogens with two attached hydrogens (primary N) is 1. The monoisotopic (exact) mass is 429 g/mol. The molecule has 0 unspecified atom stereocenters. The Bertz CT molecular complexity index is 1120. The van der Waals surface area contributed by atoms with Gasteiger partial charge in [0.15, 0.2) is 11.4 Å². The second-order valence-corrected chi connectivity index (χ2v) is 8.92. The first-order chi connectivity index (χ1) is 14.4. The third-order valence-corrected chi connectivity index (χ3v) is 6.74. The Morgan fingerprint density at radius 3 is 2.45 bits per heavy atom. The van der Waals surface area contributed by atoms with Crippen LogP contribution in [0.3, 0.4) is 0 Å². The maximum atomic E-state index is 13.7. The summed E-state index contributed by atoms with van der Waals surface area (Å²) in [5.41, 5.74) is 1.11.